The number of carbonyl (C=O) groups is 1. The molecular weight excluding hydrogens is 258 g/mol. The first-order valence-corrected chi connectivity index (χ1v) is 6.96. The molecule has 0 atom stereocenters. The standard InChI is InChI=1S/C15H17NO2S/c1-10-7-14(19-11(10)2)15(18)16-8-12-5-3-4-6-13(12)9-17/h3-7,17H,8-9H2,1-2H3,(H,16,18). The quantitative estimate of drug-likeness (QED) is 0.901. The van der Waals surface area contributed by atoms with E-state index in [1.807, 2.05) is 44.2 Å². The Morgan fingerprint density at radius 3 is 2.53 bits per heavy atom. The molecule has 1 amide bonds. The molecule has 0 saturated heterocycles. The van der Waals surface area contributed by atoms with Gasteiger partial charge in [-0.25, -0.2) is 0 Å². The molecule has 0 saturated carbocycles. The first-order chi connectivity index (χ1) is 9.11. The number of amides is 1. The van der Waals surface area contributed by atoms with E-state index in [-0.39, 0.29) is 12.5 Å². The van der Waals surface area contributed by atoms with Gasteiger partial charge in [-0.1, -0.05) is 24.3 Å². The van der Waals surface area contributed by atoms with Crippen LogP contribution in [0.4, 0.5) is 0 Å². The lowest BCUT2D eigenvalue weighted by atomic mass is 10.1. The molecule has 0 aliphatic heterocycles. The minimum absolute atomic E-state index is 0.0107. The Hall–Kier alpha value is -1.65. The van der Waals surface area contributed by atoms with Gasteiger partial charge >= 0.3 is 0 Å². The summed E-state index contributed by atoms with van der Waals surface area (Å²) in [5.74, 6) is -0.0612. The summed E-state index contributed by atoms with van der Waals surface area (Å²) in [7, 11) is 0. The Bertz CT molecular complexity index is 570. The van der Waals surface area contributed by atoms with Gasteiger partial charge < -0.3 is 10.4 Å². The third-order valence-corrected chi connectivity index (χ3v) is 4.27. The van der Waals surface area contributed by atoms with Crippen molar-refractivity contribution in [1.29, 1.82) is 0 Å². The smallest absolute Gasteiger partial charge is 0.261 e. The normalized spacial score (nSPS) is 10.5. The van der Waals surface area contributed by atoms with Crippen molar-refractivity contribution < 1.29 is 9.90 Å². The van der Waals surface area contributed by atoms with Crippen LogP contribution in [0.15, 0.2) is 30.3 Å². The summed E-state index contributed by atoms with van der Waals surface area (Å²) < 4.78 is 0. The Labute approximate surface area is 116 Å². The second kappa shape index (κ2) is 5.99. The van der Waals surface area contributed by atoms with E-state index in [0.29, 0.717) is 6.54 Å². The SMILES string of the molecule is Cc1cc(C(=O)NCc2ccccc2CO)sc1C. The number of rotatable bonds is 4. The fraction of sp³-hybridized carbons (Fsp3) is 0.267. The number of aryl methyl sites for hydroxylation is 2. The zero-order chi connectivity index (χ0) is 13.8. The van der Waals surface area contributed by atoms with E-state index in [0.717, 1.165) is 21.6 Å². The van der Waals surface area contributed by atoms with Crippen LogP contribution in [0.25, 0.3) is 0 Å². The molecule has 0 bridgehead atoms. The molecule has 2 N–H and O–H groups in total. The number of benzene rings is 1. The summed E-state index contributed by atoms with van der Waals surface area (Å²) in [6.45, 7) is 4.44. The molecule has 3 nitrogen and oxygen atoms in total. The molecule has 1 aromatic carbocycles. The monoisotopic (exact) mass is 275 g/mol. The van der Waals surface area contributed by atoms with Crippen LogP contribution in [0.5, 0.6) is 0 Å². The summed E-state index contributed by atoms with van der Waals surface area (Å²) in [5.41, 5.74) is 2.94. The maximum Gasteiger partial charge on any atom is 0.261 e. The second-order valence-corrected chi connectivity index (χ2v) is 5.72. The van der Waals surface area contributed by atoms with Crippen molar-refractivity contribution in [3.63, 3.8) is 0 Å². The van der Waals surface area contributed by atoms with Crippen molar-refractivity contribution in [2.24, 2.45) is 0 Å². The summed E-state index contributed by atoms with van der Waals surface area (Å²) >= 11 is 1.51. The molecule has 19 heavy (non-hydrogen) atoms. The molecule has 0 unspecified atom stereocenters. The Morgan fingerprint density at radius 1 is 1.26 bits per heavy atom. The lowest BCUT2D eigenvalue weighted by Gasteiger charge is -2.08. The van der Waals surface area contributed by atoms with Crippen LogP contribution in [0.3, 0.4) is 0 Å². The van der Waals surface area contributed by atoms with Gasteiger partial charge in [0.05, 0.1) is 11.5 Å². The van der Waals surface area contributed by atoms with Gasteiger partial charge in [0, 0.05) is 11.4 Å². The third kappa shape index (κ3) is 3.22. The first kappa shape index (κ1) is 13.8. The number of hydrogen-bond acceptors (Lipinski definition) is 3. The number of aliphatic hydroxyl groups excluding tert-OH is 1. The van der Waals surface area contributed by atoms with Crippen LogP contribution in [-0.2, 0) is 13.2 Å². The van der Waals surface area contributed by atoms with Crippen LogP contribution in [0, 0.1) is 13.8 Å². The molecule has 100 valence electrons. The number of aliphatic hydroxyl groups is 1. The summed E-state index contributed by atoms with van der Waals surface area (Å²) in [5, 5.41) is 12.1. The van der Waals surface area contributed by atoms with Gasteiger partial charge in [0.15, 0.2) is 0 Å². The maximum atomic E-state index is 12.0. The van der Waals surface area contributed by atoms with Crippen LogP contribution in [-0.4, -0.2) is 11.0 Å². The topological polar surface area (TPSA) is 49.3 Å². The molecule has 0 fully saturated rings. The molecule has 0 aliphatic rings. The fourth-order valence-electron chi connectivity index (χ4n) is 1.83. The van der Waals surface area contributed by atoms with Crippen LogP contribution in [0.2, 0.25) is 0 Å². The Kier molecular flexibility index (Phi) is 4.35. The van der Waals surface area contributed by atoms with E-state index < -0.39 is 0 Å². The van der Waals surface area contributed by atoms with E-state index in [1.54, 1.807) is 0 Å². The van der Waals surface area contributed by atoms with Gasteiger partial charge in [0.25, 0.3) is 5.91 Å². The maximum absolute atomic E-state index is 12.0. The molecule has 0 aliphatic carbocycles. The molecule has 0 radical (unpaired) electrons. The van der Waals surface area contributed by atoms with Crippen LogP contribution in [0.1, 0.15) is 31.2 Å². The van der Waals surface area contributed by atoms with E-state index in [1.165, 1.54) is 16.2 Å². The van der Waals surface area contributed by atoms with Crippen molar-refractivity contribution in [2.45, 2.75) is 27.0 Å². The molecule has 0 spiro atoms. The highest BCUT2D eigenvalue weighted by molar-refractivity contribution is 7.14. The molecule has 1 heterocycles. The fourth-order valence-corrected chi connectivity index (χ4v) is 2.78. The predicted octanol–water partition coefficient (Wildman–Crippen LogP) is 2.79. The van der Waals surface area contributed by atoms with E-state index >= 15 is 0 Å². The number of thiophene rings is 1. The number of hydrogen-bond donors (Lipinski definition) is 2. The average molecular weight is 275 g/mol. The molecule has 2 aromatic rings. The van der Waals surface area contributed by atoms with E-state index in [9.17, 15) is 9.90 Å². The van der Waals surface area contributed by atoms with Crippen molar-refractivity contribution in [1.82, 2.24) is 5.32 Å². The van der Waals surface area contributed by atoms with Crippen molar-refractivity contribution in [3.8, 4) is 0 Å². The van der Waals surface area contributed by atoms with Gasteiger partial charge in [0.2, 0.25) is 0 Å². The van der Waals surface area contributed by atoms with E-state index in [4.69, 9.17) is 0 Å². The van der Waals surface area contributed by atoms with Crippen molar-refractivity contribution in [3.05, 3.63) is 56.8 Å². The lowest BCUT2D eigenvalue weighted by Crippen LogP contribution is -2.22. The molecule has 4 heteroatoms. The van der Waals surface area contributed by atoms with E-state index in [2.05, 4.69) is 5.32 Å². The molecule has 2 rings (SSSR count). The number of carbonyl (C=O) groups excluding carboxylic acids is 1. The summed E-state index contributed by atoms with van der Waals surface area (Å²) in [4.78, 5) is 13.9. The number of nitrogens with one attached hydrogen (secondary N) is 1. The highest BCUT2D eigenvalue weighted by Crippen LogP contribution is 2.20. The summed E-state index contributed by atoms with van der Waals surface area (Å²) in [6.07, 6.45) is 0. The second-order valence-electron chi connectivity index (χ2n) is 4.46. The Balaban J connectivity index is 2.04. The van der Waals surface area contributed by atoms with Crippen molar-refractivity contribution in [2.75, 3.05) is 0 Å². The third-order valence-electron chi connectivity index (χ3n) is 3.12. The first-order valence-electron chi connectivity index (χ1n) is 6.14. The predicted molar refractivity (Wildman–Crippen MR) is 77.3 cm³/mol. The average Bonchev–Trinajstić information content (AvgIpc) is 2.76. The zero-order valence-corrected chi connectivity index (χ0v) is 11.9. The highest BCUT2D eigenvalue weighted by Gasteiger charge is 2.10. The lowest BCUT2D eigenvalue weighted by molar-refractivity contribution is 0.0954. The van der Waals surface area contributed by atoms with Crippen LogP contribution >= 0.6 is 11.3 Å². The highest BCUT2D eigenvalue weighted by atomic mass is 32.1. The summed E-state index contributed by atoms with van der Waals surface area (Å²) in [6, 6.07) is 9.47. The molecule has 1 aromatic heterocycles. The Morgan fingerprint density at radius 2 is 1.95 bits per heavy atom. The van der Waals surface area contributed by atoms with Gasteiger partial charge in [-0.15, -0.1) is 11.3 Å². The molecular formula is C15H17NO2S. The van der Waals surface area contributed by atoms with Gasteiger partial charge in [-0.05, 0) is 36.6 Å². The van der Waals surface area contributed by atoms with Gasteiger partial charge in [-0.2, -0.15) is 0 Å². The largest absolute Gasteiger partial charge is 0.392 e. The van der Waals surface area contributed by atoms with Gasteiger partial charge in [0.1, 0.15) is 0 Å². The minimum atomic E-state index is -0.0612. The minimum Gasteiger partial charge on any atom is -0.392 e. The van der Waals surface area contributed by atoms with Gasteiger partial charge in [-0.3, -0.25) is 4.79 Å². The van der Waals surface area contributed by atoms with Crippen LogP contribution < -0.4 is 5.32 Å². The zero-order valence-electron chi connectivity index (χ0n) is 11.1. The van der Waals surface area contributed by atoms with Crippen molar-refractivity contribution >= 4 is 17.2 Å².